The lowest BCUT2D eigenvalue weighted by molar-refractivity contribution is -0.0334. The van der Waals surface area contributed by atoms with Crippen LogP contribution in [0.15, 0.2) is 24.3 Å². The second kappa shape index (κ2) is 7.84. The van der Waals surface area contributed by atoms with Crippen LogP contribution < -0.4 is 4.74 Å². The molecular weight excluding hydrogens is 208 g/mol. The Balaban J connectivity index is 0.000000181. The minimum Gasteiger partial charge on any atom is -0.497 e. The van der Waals surface area contributed by atoms with Gasteiger partial charge in [-0.15, -0.1) is 0 Å². The zero-order chi connectivity index (χ0) is 11.6. The van der Waals surface area contributed by atoms with Crippen LogP contribution in [-0.4, -0.2) is 39.8 Å². The number of hydrogen-bond acceptors (Lipinski definition) is 4. The van der Waals surface area contributed by atoms with Gasteiger partial charge < -0.3 is 14.2 Å². The monoisotopic (exact) mass is 224 g/mol. The molecular formula is C12H16O4. The number of methoxy groups -OCH3 is 1. The highest BCUT2D eigenvalue weighted by molar-refractivity contribution is 5.75. The number of rotatable bonds is 2. The number of hydrogen-bond donors (Lipinski definition) is 0. The van der Waals surface area contributed by atoms with Gasteiger partial charge in [-0.25, -0.2) is 0 Å². The molecule has 4 heteroatoms. The molecule has 88 valence electrons. The van der Waals surface area contributed by atoms with Gasteiger partial charge in [-0.2, -0.15) is 0 Å². The van der Waals surface area contributed by atoms with E-state index in [-0.39, 0.29) is 0 Å². The molecule has 2 rings (SSSR count). The van der Waals surface area contributed by atoms with E-state index in [0.29, 0.717) is 11.3 Å². The zero-order valence-electron chi connectivity index (χ0n) is 9.35. The maximum atomic E-state index is 10.2. The number of benzene rings is 1. The molecule has 1 aliphatic heterocycles. The average molecular weight is 224 g/mol. The first-order valence-electron chi connectivity index (χ1n) is 5.11. The predicted molar refractivity (Wildman–Crippen MR) is 60.0 cm³/mol. The summed E-state index contributed by atoms with van der Waals surface area (Å²) in [5.74, 6) is 0.713. The first-order chi connectivity index (χ1) is 7.86. The molecule has 16 heavy (non-hydrogen) atoms. The standard InChI is InChI=1S/C8H8O2.C4H8O2/c1-10-8-4-2-3-7(5-8)6-9;1-2-6-4-3-5-1/h2-6H,1H3;1-4H2. The molecule has 0 unspecified atom stereocenters. The van der Waals surface area contributed by atoms with E-state index in [1.54, 1.807) is 31.4 Å². The minimum atomic E-state index is 0.638. The molecule has 1 aromatic carbocycles. The Morgan fingerprint density at radius 2 is 1.81 bits per heavy atom. The van der Waals surface area contributed by atoms with Gasteiger partial charge in [0.15, 0.2) is 0 Å². The Bertz CT molecular complexity index is 296. The molecule has 1 aromatic rings. The fraction of sp³-hybridized carbons (Fsp3) is 0.417. The molecule has 0 atom stereocenters. The van der Waals surface area contributed by atoms with E-state index < -0.39 is 0 Å². The molecule has 1 heterocycles. The normalized spacial score (nSPS) is 14.6. The lowest BCUT2D eigenvalue weighted by Crippen LogP contribution is -2.16. The number of ether oxygens (including phenoxy) is 3. The zero-order valence-corrected chi connectivity index (χ0v) is 9.35. The highest BCUT2D eigenvalue weighted by Gasteiger charge is 1.94. The van der Waals surface area contributed by atoms with Crippen LogP contribution in [-0.2, 0) is 9.47 Å². The van der Waals surface area contributed by atoms with Crippen molar-refractivity contribution in [2.75, 3.05) is 33.5 Å². The van der Waals surface area contributed by atoms with Crippen molar-refractivity contribution in [1.82, 2.24) is 0 Å². The summed E-state index contributed by atoms with van der Waals surface area (Å²) in [6, 6.07) is 7.00. The molecule has 1 saturated heterocycles. The van der Waals surface area contributed by atoms with Gasteiger partial charge in [0.25, 0.3) is 0 Å². The smallest absolute Gasteiger partial charge is 0.150 e. The first kappa shape index (κ1) is 12.7. The van der Waals surface area contributed by atoms with Crippen LogP contribution >= 0.6 is 0 Å². The average Bonchev–Trinajstić information content (AvgIpc) is 2.41. The number of carbonyl (C=O) groups is 1. The van der Waals surface area contributed by atoms with E-state index in [0.717, 1.165) is 32.7 Å². The first-order valence-corrected chi connectivity index (χ1v) is 5.11. The summed E-state index contributed by atoms with van der Waals surface area (Å²) in [5.41, 5.74) is 0.638. The van der Waals surface area contributed by atoms with Crippen LogP contribution in [0.3, 0.4) is 0 Å². The third-order valence-electron chi connectivity index (χ3n) is 1.97. The largest absolute Gasteiger partial charge is 0.497 e. The molecule has 0 bridgehead atoms. The van der Waals surface area contributed by atoms with Gasteiger partial charge in [0.1, 0.15) is 12.0 Å². The Morgan fingerprint density at radius 3 is 2.25 bits per heavy atom. The molecule has 0 aliphatic carbocycles. The van der Waals surface area contributed by atoms with E-state index in [4.69, 9.17) is 14.2 Å². The summed E-state index contributed by atoms with van der Waals surface area (Å²) in [6.45, 7) is 3.11. The van der Waals surface area contributed by atoms with Gasteiger partial charge in [-0.05, 0) is 12.1 Å². The molecule has 1 aliphatic rings. The topological polar surface area (TPSA) is 44.8 Å². The van der Waals surface area contributed by atoms with Crippen LogP contribution in [0.25, 0.3) is 0 Å². The molecule has 1 fully saturated rings. The Labute approximate surface area is 95.1 Å². The molecule has 0 spiro atoms. The Kier molecular flexibility index (Phi) is 6.22. The van der Waals surface area contributed by atoms with E-state index in [1.165, 1.54) is 0 Å². The third kappa shape index (κ3) is 4.91. The van der Waals surface area contributed by atoms with Crippen molar-refractivity contribution in [3.05, 3.63) is 29.8 Å². The van der Waals surface area contributed by atoms with Crippen LogP contribution in [0.1, 0.15) is 10.4 Å². The second-order valence-corrected chi connectivity index (χ2v) is 3.12. The maximum Gasteiger partial charge on any atom is 0.150 e. The highest BCUT2D eigenvalue weighted by atomic mass is 16.6. The van der Waals surface area contributed by atoms with Crippen molar-refractivity contribution >= 4 is 6.29 Å². The second-order valence-electron chi connectivity index (χ2n) is 3.12. The SMILES string of the molecule is C1COCCO1.COc1cccc(C=O)c1. The Hall–Kier alpha value is -1.39. The molecule has 0 amide bonds. The summed E-state index contributed by atoms with van der Waals surface area (Å²) >= 11 is 0. The van der Waals surface area contributed by atoms with Gasteiger partial charge in [-0.1, -0.05) is 12.1 Å². The number of aldehydes is 1. The predicted octanol–water partition coefficient (Wildman–Crippen LogP) is 1.54. The number of carbonyl (C=O) groups excluding carboxylic acids is 1. The summed E-state index contributed by atoms with van der Waals surface area (Å²) in [6.07, 6.45) is 0.794. The van der Waals surface area contributed by atoms with E-state index in [9.17, 15) is 4.79 Å². The maximum absolute atomic E-state index is 10.2. The van der Waals surface area contributed by atoms with E-state index in [2.05, 4.69) is 0 Å². The lowest BCUT2D eigenvalue weighted by Gasteiger charge is -2.09. The van der Waals surface area contributed by atoms with Gasteiger partial charge in [-0.3, -0.25) is 4.79 Å². The molecule has 0 aromatic heterocycles. The van der Waals surface area contributed by atoms with Crippen molar-refractivity contribution in [3.8, 4) is 5.75 Å². The quantitative estimate of drug-likeness (QED) is 0.715. The van der Waals surface area contributed by atoms with Crippen LogP contribution in [0.2, 0.25) is 0 Å². The highest BCUT2D eigenvalue weighted by Crippen LogP contribution is 2.10. The van der Waals surface area contributed by atoms with Crippen molar-refractivity contribution in [3.63, 3.8) is 0 Å². The van der Waals surface area contributed by atoms with Gasteiger partial charge in [0.2, 0.25) is 0 Å². The van der Waals surface area contributed by atoms with Crippen LogP contribution in [0, 0.1) is 0 Å². The molecule has 4 nitrogen and oxygen atoms in total. The molecule has 0 N–H and O–H groups in total. The van der Waals surface area contributed by atoms with E-state index >= 15 is 0 Å². The van der Waals surface area contributed by atoms with Crippen molar-refractivity contribution in [2.24, 2.45) is 0 Å². The van der Waals surface area contributed by atoms with Gasteiger partial charge in [0, 0.05) is 5.56 Å². The lowest BCUT2D eigenvalue weighted by atomic mass is 10.2. The summed E-state index contributed by atoms with van der Waals surface area (Å²) in [5, 5.41) is 0. The van der Waals surface area contributed by atoms with Gasteiger partial charge in [0.05, 0.1) is 33.5 Å². The van der Waals surface area contributed by atoms with Crippen LogP contribution in [0.4, 0.5) is 0 Å². The fourth-order valence-corrected chi connectivity index (χ4v) is 1.15. The fourth-order valence-electron chi connectivity index (χ4n) is 1.15. The summed E-state index contributed by atoms with van der Waals surface area (Å²) < 4.78 is 14.8. The third-order valence-corrected chi connectivity index (χ3v) is 1.97. The molecule has 0 saturated carbocycles. The molecule has 0 radical (unpaired) electrons. The Morgan fingerprint density at radius 1 is 1.19 bits per heavy atom. The minimum absolute atomic E-state index is 0.638. The van der Waals surface area contributed by atoms with Crippen molar-refractivity contribution < 1.29 is 19.0 Å². The van der Waals surface area contributed by atoms with Crippen molar-refractivity contribution in [2.45, 2.75) is 0 Å². The summed E-state index contributed by atoms with van der Waals surface area (Å²) in [7, 11) is 1.57. The van der Waals surface area contributed by atoms with Crippen LogP contribution in [0.5, 0.6) is 5.75 Å². The van der Waals surface area contributed by atoms with Crippen molar-refractivity contribution in [1.29, 1.82) is 0 Å². The van der Waals surface area contributed by atoms with Gasteiger partial charge >= 0.3 is 0 Å². The summed E-state index contributed by atoms with van der Waals surface area (Å²) in [4.78, 5) is 10.2. The van der Waals surface area contributed by atoms with E-state index in [1.807, 2.05) is 0 Å².